The average Bonchev–Trinajstić information content (AvgIpc) is 2.57. The molecule has 0 radical (unpaired) electrons. The predicted octanol–water partition coefficient (Wildman–Crippen LogP) is 2.34. The Bertz CT molecular complexity index is 857. The first-order valence-corrected chi connectivity index (χ1v) is 9.39. The molecule has 3 rings (SSSR count). The van der Waals surface area contributed by atoms with Crippen molar-refractivity contribution in [3.63, 3.8) is 0 Å². The topological polar surface area (TPSA) is 68.7 Å². The van der Waals surface area contributed by atoms with Crippen LogP contribution in [0, 0.1) is 5.82 Å². The van der Waals surface area contributed by atoms with E-state index in [0.717, 1.165) is 11.6 Å². The number of rotatable bonds is 4. The van der Waals surface area contributed by atoms with E-state index >= 15 is 0 Å². The Labute approximate surface area is 146 Å². The number of halogens is 1. The van der Waals surface area contributed by atoms with E-state index in [1.165, 1.54) is 16.4 Å². The maximum Gasteiger partial charge on any atom is 0.247 e. The number of aromatic nitrogens is 1. The Kier molecular flexibility index (Phi) is 5.31. The molecule has 0 saturated heterocycles. The maximum absolute atomic E-state index is 13.7. The van der Waals surface area contributed by atoms with Crippen LogP contribution < -0.4 is 4.74 Å². The summed E-state index contributed by atoms with van der Waals surface area (Å²) in [7, 11) is -3.96. The highest BCUT2D eigenvalue weighted by molar-refractivity contribution is 7.89. The van der Waals surface area contributed by atoms with E-state index in [-0.39, 0.29) is 36.9 Å². The SMILES string of the molecule is CCOc1ccc(F)cc1S(=O)(=O)N1CCOCc2ncccc2C1. The smallest absolute Gasteiger partial charge is 0.247 e. The van der Waals surface area contributed by atoms with Crippen LogP contribution in [-0.2, 0) is 27.9 Å². The second-order valence-corrected chi connectivity index (χ2v) is 7.43. The second kappa shape index (κ2) is 7.47. The zero-order valence-electron chi connectivity index (χ0n) is 13.8. The highest BCUT2D eigenvalue weighted by atomic mass is 32.2. The van der Waals surface area contributed by atoms with Crippen LogP contribution >= 0.6 is 0 Å². The van der Waals surface area contributed by atoms with Gasteiger partial charge >= 0.3 is 0 Å². The molecule has 25 heavy (non-hydrogen) atoms. The number of hydrogen-bond donors (Lipinski definition) is 0. The summed E-state index contributed by atoms with van der Waals surface area (Å²) in [5, 5.41) is 0. The van der Waals surface area contributed by atoms with Crippen molar-refractivity contribution in [1.29, 1.82) is 0 Å². The van der Waals surface area contributed by atoms with Gasteiger partial charge in [-0.3, -0.25) is 4.98 Å². The van der Waals surface area contributed by atoms with Gasteiger partial charge in [0.05, 0.1) is 25.5 Å². The number of pyridine rings is 1. The Balaban J connectivity index is 2.01. The van der Waals surface area contributed by atoms with E-state index in [9.17, 15) is 12.8 Å². The van der Waals surface area contributed by atoms with Crippen molar-refractivity contribution in [3.8, 4) is 5.75 Å². The van der Waals surface area contributed by atoms with Crippen molar-refractivity contribution in [1.82, 2.24) is 9.29 Å². The van der Waals surface area contributed by atoms with Gasteiger partial charge in [-0.1, -0.05) is 6.07 Å². The van der Waals surface area contributed by atoms with Gasteiger partial charge in [0.2, 0.25) is 10.0 Å². The number of nitrogens with zero attached hydrogens (tertiary/aromatic N) is 2. The lowest BCUT2D eigenvalue weighted by Crippen LogP contribution is -2.35. The average molecular weight is 366 g/mol. The Morgan fingerprint density at radius 2 is 2.20 bits per heavy atom. The van der Waals surface area contributed by atoms with E-state index in [2.05, 4.69) is 4.98 Å². The molecule has 1 aliphatic heterocycles. The highest BCUT2D eigenvalue weighted by Crippen LogP contribution is 2.29. The van der Waals surface area contributed by atoms with Crippen molar-refractivity contribution < 1.29 is 22.3 Å². The molecule has 0 saturated carbocycles. The summed E-state index contributed by atoms with van der Waals surface area (Å²) in [6, 6.07) is 7.07. The van der Waals surface area contributed by atoms with Crippen LogP contribution in [0.15, 0.2) is 41.4 Å². The Hall–Kier alpha value is -2.03. The molecule has 0 aliphatic carbocycles. The molecule has 8 heteroatoms. The van der Waals surface area contributed by atoms with Crippen LogP contribution in [0.5, 0.6) is 5.75 Å². The summed E-state index contributed by atoms with van der Waals surface area (Å²) in [5.41, 5.74) is 1.46. The minimum absolute atomic E-state index is 0.137. The van der Waals surface area contributed by atoms with Gasteiger partial charge in [-0.15, -0.1) is 0 Å². The molecular weight excluding hydrogens is 347 g/mol. The fourth-order valence-electron chi connectivity index (χ4n) is 2.65. The molecule has 0 fully saturated rings. The van der Waals surface area contributed by atoms with Crippen LogP contribution in [0.1, 0.15) is 18.2 Å². The lowest BCUT2D eigenvalue weighted by molar-refractivity contribution is 0.0990. The summed E-state index contributed by atoms with van der Waals surface area (Å²) in [6.45, 7) is 2.91. The lowest BCUT2D eigenvalue weighted by atomic mass is 10.2. The van der Waals surface area contributed by atoms with Gasteiger partial charge < -0.3 is 9.47 Å². The van der Waals surface area contributed by atoms with Gasteiger partial charge in [0, 0.05) is 19.3 Å². The second-order valence-electron chi connectivity index (χ2n) is 5.52. The first-order chi connectivity index (χ1) is 12.0. The van der Waals surface area contributed by atoms with Crippen molar-refractivity contribution in [2.45, 2.75) is 25.0 Å². The predicted molar refractivity (Wildman–Crippen MR) is 89.1 cm³/mol. The molecule has 2 aromatic rings. The molecule has 1 aromatic heterocycles. The van der Waals surface area contributed by atoms with E-state index in [1.807, 2.05) is 6.07 Å². The van der Waals surface area contributed by atoms with Gasteiger partial charge in [-0.25, -0.2) is 12.8 Å². The zero-order chi connectivity index (χ0) is 17.9. The van der Waals surface area contributed by atoms with Crippen molar-refractivity contribution >= 4 is 10.0 Å². The van der Waals surface area contributed by atoms with E-state index in [4.69, 9.17) is 9.47 Å². The van der Waals surface area contributed by atoms with Crippen LogP contribution in [0.25, 0.3) is 0 Å². The van der Waals surface area contributed by atoms with Gasteiger partial charge in [0.1, 0.15) is 16.5 Å². The molecule has 0 atom stereocenters. The number of hydrogen-bond acceptors (Lipinski definition) is 5. The maximum atomic E-state index is 13.7. The summed E-state index contributed by atoms with van der Waals surface area (Å²) in [5.74, 6) is -0.495. The zero-order valence-corrected chi connectivity index (χ0v) is 14.6. The van der Waals surface area contributed by atoms with Gasteiger partial charge in [0.25, 0.3) is 0 Å². The van der Waals surface area contributed by atoms with Crippen LogP contribution in [-0.4, -0.2) is 37.5 Å². The molecule has 0 spiro atoms. The summed E-state index contributed by atoms with van der Waals surface area (Å²) in [4.78, 5) is 4.06. The van der Waals surface area contributed by atoms with E-state index in [0.29, 0.717) is 12.3 Å². The van der Waals surface area contributed by atoms with E-state index in [1.54, 1.807) is 19.2 Å². The Morgan fingerprint density at radius 3 is 3.00 bits per heavy atom. The normalized spacial score (nSPS) is 15.9. The number of sulfonamides is 1. The van der Waals surface area contributed by atoms with Crippen LogP contribution in [0.4, 0.5) is 4.39 Å². The molecule has 0 bridgehead atoms. The first kappa shape index (κ1) is 17.8. The van der Waals surface area contributed by atoms with Crippen LogP contribution in [0.3, 0.4) is 0 Å². The summed E-state index contributed by atoms with van der Waals surface area (Å²) in [6.07, 6.45) is 1.64. The molecule has 6 nitrogen and oxygen atoms in total. The number of benzene rings is 1. The molecule has 0 unspecified atom stereocenters. The van der Waals surface area contributed by atoms with Crippen molar-refractivity contribution in [2.24, 2.45) is 0 Å². The fraction of sp³-hybridized carbons (Fsp3) is 0.353. The monoisotopic (exact) mass is 366 g/mol. The molecular formula is C17H19FN2O4S. The lowest BCUT2D eigenvalue weighted by Gasteiger charge is -2.26. The highest BCUT2D eigenvalue weighted by Gasteiger charge is 2.30. The van der Waals surface area contributed by atoms with Crippen molar-refractivity contribution in [2.75, 3.05) is 19.8 Å². The quantitative estimate of drug-likeness (QED) is 0.831. The van der Waals surface area contributed by atoms with Gasteiger partial charge in [-0.2, -0.15) is 4.31 Å². The largest absolute Gasteiger partial charge is 0.492 e. The molecule has 1 aromatic carbocycles. The molecule has 0 amide bonds. The third kappa shape index (κ3) is 3.81. The molecule has 0 N–H and O–H groups in total. The Morgan fingerprint density at radius 1 is 1.36 bits per heavy atom. The molecule has 1 aliphatic rings. The standard InChI is InChI=1S/C17H19FN2O4S/c1-2-24-16-6-5-14(18)10-17(16)25(21,22)20-8-9-23-12-15-13(11-20)4-3-7-19-15/h3-7,10H,2,8-9,11-12H2,1H3. The van der Waals surface area contributed by atoms with Gasteiger partial charge in [-0.05, 0) is 36.8 Å². The number of ether oxygens (including phenoxy) is 2. The summed E-state index contributed by atoms with van der Waals surface area (Å²) >= 11 is 0. The molecule has 2 heterocycles. The molecule has 134 valence electrons. The van der Waals surface area contributed by atoms with Gasteiger partial charge in [0.15, 0.2) is 0 Å². The minimum Gasteiger partial charge on any atom is -0.492 e. The third-order valence-electron chi connectivity index (χ3n) is 3.88. The summed E-state index contributed by atoms with van der Waals surface area (Å²) < 4.78 is 52.1. The minimum atomic E-state index is -3.96. The van der Waals surface area contributed by atoms with Crippen LogP contribution in [0.2, 0.25) is 0 Å². The third-order valence-corrected chi connectivity index (χ3v) is 5.74. The number of fused-ring (bicyclic) bond motifs is 1. The fourth-order valence-corrected chi connectivity index (χ4v) is 4.20. The van der Waals surface area contributed by atoms with E-state index < -0.39 is 15.8 Å². The first-order valence-electron chi connectivity index (χ1n) is 7.95. The van der Waals surface area contributed by atoms with Crippen molar-refractivity contribution in [3.05, 3.63) is 53.6 Å².